The topological polar surface area (TPSA) is 73.2 Å². The molecule has 2 amide bonds. The Kier molecular flexibility index (Phi) is 4.70. The summed E-state index contributed by atoms with van der Waals surface area (Å²) in [7, 11) is 0. The molecule has 5 heteroatoms. The summed E-state index contributed by atoms with van der Waals surface area (Å²) in [5, 5.41) is 11.3. The van der Waals surface area contributed by atoms with Crippen molar-refractivity contribution in [3.63, 3.8) is 0 Å². The van der Waals surface area contributed by atoms with Gasteiger partial charge in [-0.15, -0.1) is 0 Å². The van der Waals surface area contributed by atoms with Crippen LogP contribution < -0.4 is 5.32 Å². The minimum Gasteiger partial charge on any atom is -0.349 e. The molecule has 17 heavy (non-hydrogen) atoms. The maximum absolute atomic E-state index is 11.4. The highest BCUT2D eigenvalue weighted by Gasteiger charge is 2.23. The average molecular weight is 235 g/mol. The number of nitrogens with zero attached hydrogens (tertiary/aromatic N) is 2. The van der Waals surface area contributed by atoms with Gasteiger partial charge in [-0.25, -0.2) is 0 Å². The Hall–Kier alpha value is -1.83. The Balaban J connectivity index is 2.36. The molecule has 1 aliphatic heterocycles. The number of hydrogen-bond donors (Lipinski definition) is 1. The first-order valence-electron chi connectivity index (χ1n) is 5.65. The smallest absolute Gasteiger partial charge is 0.246 e. The van der Waals surface area contributed by atoms with E-state index in [2.05, 4.69) is 11.9 Å². The molecule has 0 aliphatic carbocycles. The standard InChI is InChI=1S/C12H17N3O2/c1-9(2)12(17)14-10-4-7-15(8-5-10)11(16)3-6-13/h10H,1,3-5,7-8H2,2H3,(H,14,17). The second-order valence-electron chi connectivity index (χ2n) is 4.24. The van der Waals surface area contributed by atoms with Crippen molar-refractivity contribution in [2.75, 3.05) is 13.1 Å². The van der Waals surface area contributed by atoms with Crippen LogP contribution in [0.15, 0.2) is 12.2 Å². The van der Waals surface area contributed by atoms with Crippen molar-refractivity contribution in [1.29, 1.82) is 5.26 Å². The molecule has 1 heterocycles. The Bertz CT molecular complexity index is 362. The predicted molar refractivity (Wildman–Crippen MR) is 62.8 cm³/mol. The molecule has 0 aromatic heterocycles. The maximum atomic E-state index is 11.4. The fraction of sp³-hybridized carbons (Fsp3) is 0.583. The van der Waals surface area contributed by atoms with Gasteiger partial charge in [0.1, 0.15) is 6.42 Å². The summed E-state index contributed by atoms with van der Waals surface area (Å²) >= 11 is 0. The van der Waals surface area contributed by atoms with Crippen LogP contribution in [0.25, 0.3) is 0 Å². The van der Waals surface area contributed by atoms with Crippen molar-refractivity contribution in [1.82, 2.24) is 10.2 Å². The van der Waals surface area contributed by atoms with Crippen molar-refractivity contribution in [3.8, 4) is 6.07 Å². The molecule has 0 unspecified atom stereocenters. The van der Waals surface area contributed by atoms with Crippen LogP contribution in [0.3, 0.4) is 0 Å². The molecule has 1 aliphatic rings. The molecule has 0 aromatic rings. The highest BCUT2D eigenvalue weighted by Crippen LogP contribution is 2.11. The number of carbonyl (C=O) groups excluding carboxylic acids is 2. The van der Waals surface area contributed by atoms with Crippen molar-refractivity contribution < 1.29 is 9.59 Å². The van der Waals surface area contributed by atoms with Gasteiger partial charge in [-0.3, -0.25) is 9.59 Å². The largest absolute Gasteiger partial charge is 0.349 e. The van der Waals surface area contributed by atoms with Crippen molar-refractivity contribution >= 4 is 11.8 Å². The van der Waals surface area contributed by atoms with Gasteiger partial charge in [-0.2, -0.15) is 5.26 Å². The molecule has 1 N–H and O–H groups in total. The van der Waals surface area contributed by atoms with E-state index in [-0.39, 0.29) is 24.3 Å². The van der Waals surface area contributed by atoms with Crippen molar-refractivity contribution in [2.24, 2.45) is 0 Å². The molecule has 1 fully saturated rings. The zero-order valence-corrected chi connectivity index (χ0v) is 10.0. The predicted octanol–water partition coefficient (Wildman–Crippen LogP) is 0.583. The first-order chi connectivity index (χ1) is 8.04. The van der Waals surface area contributed by atoms with Gasteiger partial charge < -0.3 is 10.2 Å². The van der Waals surface area contributed by atoms with Crippen LogP contribution in [0.4, 0.5) is 0 Å². The van der Waals surface area contributed by atoms with E-state index < -0.39 is 0 Å². The Morgan fingerprint density at radius 2 is 2.06 bits per heavy atom. The molecule has 0 atom stereocenters. The Morgan fingerprint density at radius 3 is 2.53 bits per heavy atom. The van der Waals surface area contributed by atoms with Crippen LogP contribution in [0.1, 0.15) is 26.2 Å². The monoisotopic (exact) mass is 235 g/mol. The van der Waals surface area contributed by atoms with Gasteiger partial charge in [0.05, 0.1) is 6.07 Å². The van der Waals surface area contributed by atoms with Crippen molar-refractivity contribution in [2.45, 2.75) is 32.2 Å². The number of hydrogen-bond acceptors (Lipinski definition) is 3. The van der Waals surface area contributed by atoms with E-state index in [0.717, 1.165) is 12.8 Å². The van der Waals surface area contributed by atoms with E-state index in [1.54, 1.807) is 11.8 Å². The zero-order chi connectivity index (χ0) is 12.8. The quantitative estimate of drug-likeness (QED) is 0.727. The van der Waals surface area contributed by atoms with Gasteiger partial charge in [0.15, 0.2) is 0 Å². The summed E-state index contributed by atoms with van der Waals surface area (Å²) in [5.41, 5.74) is 0.494. The Labute approximate surface area is 101 Å². The van der Waals surface area contributed by atoms with E-state index in [4.69, 9.17) is 5.26 Å². The fourth-order valence-electron chi connectivity index (χ4n) is 1.76. The lowest BCUT2D eigenvalue weighted by Crippen LogP contribution is -2.46. The number of carbonyl (C=O) groups is 2. The summed E-state index contributed by atoms with van der Waals surface area (Å²) in [4.78, 5) is 24.5. The lowest BCUT2D eigenvalue weighted by atomic mass is 10.0. The van der Waals surface area contributed by atoms with E-state index >= 15 is 0 Å². The number of likely N-dealkylation sites (tertiary alicyclic amines) is 1. The molecule has 0 bridgehead atoms. The van der Waals surface area contributed by atoms with E-state index in [9.17, 15) is 9.59 Å². The molecular formula is C12H17N3O2. The maximum Gasteiger partial charge on any atom is 0.246 e. The van der Waals surface area contributed by atoms with Gasteiger partial charge >= 0.3 is 0 Å². The summed E-state index contributed by atoms with van der Waals surface area (Å²) in [6, 6.07) is 1.95. The average Bonchev–Trinajstić information content (AvgIpc) is 2.30. The summed E-state index contributed by atoms with van der Waals surface area (Å²) in [6.45, 7) is 6.44. The molecule has 1 rings (SSSR count). The highest BCUT2D eigenvalue weighted by atomic mass is 16.2. The fourth-order valence-corrected chi connectivity index (χ4v) is 1.76. The molecule has 92 valence electrons. The van der Waals surface area contributed by atoms with Crippen LogP contribution in [-0.4, -0.2) is 35.8 Å². The minimum absolute atomic E-state index is 0.0667. The molecule has 0 radical (unpaired) electrons. The molecule has 0 spiro atoms. The summed E-state index contributed by atoms with van der Waals surface area (Å²) in [6.07, 6.45) is 1.40. The van der Waals surface area contributed by atoms with Crippen LogP contribution in [-0.2, 0) is 9.59 Å². The zero-order valence-electron chi connectivity index (χ0n) is 10.0. The third-order valence-electron chi connectivity index (χ3n) is 2.80. The normalized spacial score (nSPS) is 16.1. The second-order valence-corrected chi connectivity index (χ2v) is 4.24. The molecule has 1 saturated heterocycles. The second kappa shape index (κ2) is 6.04. The third-order valence-corrected chi connectivity index (χ3v) is 2.80. The van der Waals surface area contributed by atoms with Gasteiger partial charge in [0.25, 0.3) is 0 Å². The van der Waals surface area contributed by atoms with Gasteiger partial charge in [0, 0.05) is 24.7 Å². The van der Waals surface area contributed by atoms with Crippen LogP contribution in [0.5, 0.6) is 0 Å². The van der Waals surface area contributed by atoms with Gasteiger partial charge in [-0.1, -0.05) is 6.58 Å². The van der Waals surface area contributed by atoms with Crippen LogP contribution >= 0.6 is 0 Å². The number of rotatable bonds is 3. The number of amides is 2. The third kappa shape index (κ3) is 3.91. The van der Waals surface area contributed by atoms with Gasteiger partial charge in [0.2, 0.25) is 11.8 Å². The lowest BCUT2D eigenvalue weighted by Gasteiger charge is -2.32. The minimum atomic E-state index is -0.133. The van der Waals surface area contributed by atoms with Crippen molar-refractivity contribution in [3.05, 3.63) is 12.2 Å². The lowest BCUT2D eigenvalue weighted by molar-refractivity contribution is -0.131. The van der Waals surface area contributed by atoms with Crippen LogP contribution in [0, 0.1) is 11.3 Å². The first kappa shape index (κ1) is 13.2. The Morgan fingerprint density at radius 1 is 1.47 bits per heavy atom. The van der Waals surface area contributed by atoms with E-state index in [1.165, 1.54) is 0 Å². The number of nitrogens with one attached hydrogen (secondary N) is 1. The molecular weight excluding hydrogens is 218 g/mol. The summed E-state index contributed by atoms with van der Waals surface area (Å²) in [5.74, 6) is -0.260. The molecule has 0 aromatic carbocycles. The SMILES string of the molecule is C=C(C)C(=O)NC1CCN(C(=O)CC#N)CC1. The summed E-state index contributed by atoms with van der Waals surface area (Å²) < 4.78 is 0. The molecule has 0 saturated carbocycles. The number of piperidine rings is 1. The molecule has 5 nitrogen and oxygen atoms in total. The highest BCUT2D eigenvalue weighted by molar-refractivity contribution is 5.92. The van der Waals surface area contributed by atoms with Crippen LogP contribution in [0.2, 0.25) is 0 Å². The first-order valence-corrected chi connectivity index (χ1v) is 5.65. The van der Waals surface area contributed by atoms with E-state index in [1.807, 2.05) is 6.07 Å². The number of nitriles is 1. The van der Waals surface area contributed by atoms with Gasteiger partial charge in [-0.05, 0) is 19.8 Å². The van der Waals surface area contributed by atoms with E-state index in [0.29, 0.717) is 18.7 Å².